The summed E-state index contributed by atoms with van der Waals surface area (Å²) in [4.78, 5) is 17.9. The van der Waals surface area contributed by atoms with Crippen LogP contribution in [0.25, 0.3) is 11.8 Å². The van der Waals surface area contributed by atoms with Crippen molar-refractivity contribution in [2.45, 2.75) is 25.4 Å². The Morgan fingerprint density at radius 2 is 2.17 bits per heavy atom. The van der Waals surface area contributed by atoms with Crippen molar-refractivity contribution >= 4 is 12.0 Å². The summed E-state index contributed by atoms with van der Waals surface area (Å²) in [7, 11) is 1.79. The van der Waals surface area contributed by atoms with Crippen LogP contribution in [0.5, 0.6) is 0 Å². The highest BCUT2D eigenvalue weighted by Gasteiger charge is 2.26. The van der Waals surface area contributed by atoms with E-state index < -0.39 is 0 Å². The monoisotopic (exact) mass is 325 g/mol. The van der Waals surface area contributed by atoms with Gasteiger partial charge in [0.2, 0.25) is 5.91 Å². The van der Waals surface area contributed by atoms with Gasteiger partial charge in [-0.25, -0.2) is 4.98 Å². The molecule has 0 saturated heterocycles. The zero-order chi connectivity index (χ0) is 16.9. The lowest BCUT2D eigenvalue weighted by molar-refractivity contribution is -0.125. The fraction of sp³-hybridized carbons (Fsp3) is 0.368. The van der Waals surface area contributed by atoms with Gasteiger partial charge >= 0.3 is 0 Å². The van der Waals surface area contributed by atoms with Gasteiger partial charge in [-0.2, -0.15) is 0 Å². The van der Waals surface area contributed by atoms with Crippen molar-refractivity contribution in [3.05, 3.63) is 54.6 Å². The molecule has 3 rings (SSSR count). The molecule has 0 spiro atoms. The Labute approximate surface area is 142 Å². The summed E-state index contributed by atoms with van der Waals surface area (Å²) in [5.74, 6) is 0.176. The van der Waals surface area contributed by atoms with Crippen LogP contribution in [0.3, 0.4) is 0 Å². The molecular weight excluding hydrogens is 302 g/mol. The highest BCUT2D eigenvalue weighted by Crippen LogP contribution is 2.26. The first-order chi connectivity index (χ1) is 11.6. The number of rotatable bonds is 5. The van der Waals surface area contributed by atoms with E-state index in [4.69, 9.17) is 0 Å². The summed E-state index contributed by atoms with van der Waals surface area (Å²) >= 11 is 0. The minimum Gasteiger partial charge on any atom is -0.393 e. The first-order valence-corrected chi connectivity index (χ1v) is 8.33. The van der Waals surface area contributed by atoms with Crippen LogP contribution in [-0.2, 0) is 4.79 Å². The summed E-state index contributed by atoms with van der Waals surface area (Å²) in [6, 6.07) is 7.93. The number of aliphatic hydroxyl groups excluding tert-OH is 1. The van der Waals surface area contributed by atoms with Gasteiger partial charge in [-0.15, -0.1) is 0 Å². The summed E-state index contributed by atoms with van der Waals surface area (Å²) in [5, 5.41) is 9.87. The lowest BCUT2D eigenvalue weighted by Crippen LogP contribution is -2.33. The summed E-state index contributed by atoms with van der Waals surface area (Å²) in [6.07, 6.45) is 11.4. The summed E-state index contributed by atoms with van der Waals surface area (Å²) in [5.41, 5.74) is 2.00. The van der Waals surface area contributed by atoms with Crippen molar-refractivity contribution in [1.82, 2.24) is 14.5 Å². The molecule has 2 aromatic rings. The minimum absolute atomic E-state index is 0.0345. The van der Waals surface area contributed by atoms with E-state index in [9.17, 15) is 9.90 Å². The van der Waals surface area contributed by atoms with E-state index in [0.717, 1.165) is 30.5 Å². The van der Waals surface area contributed by atoms with Crippen molar-refractivity contribution in [3.8, 4) is 5.69 Å². The van der Waals surface area contributed by atoms with E-state index in [1.54, 1.807) is 30.5 Å². The van der Waals surface area contributed by atoms with Gasteiger partial charge in [-0.1, -0.05) is 18.6 Å². The first-order valence-electron chi connectivity index (χ1n) is 8.33. The second-order valence-electron chi connectivity index (χ2n) is 6.37. The Morgan fingerprint density at radius 1 is 1.38 bits per heavy atom. The van der Waals surface area contributed by atoms with E-state index in [2.05, 4.69) is 4.98 Å². The lowest BCUT2D eigenvalue weighted by Gasteiger charge is -2.22. The first kappa shape index (κ1) is 16.5. The maximum atomic E-state index is 12.2. The molecule has 1 saturated carbocycles. The van der Waals surface area contributed by atoms with E-state index in [0.29, 0.717) is 6.54 Å². The van der Waals surface area contributed by atoms with Crippen molar-refractivity contribution in [2.24, 2.45) is 5.92 Å². The van der Waals surface area contributed by atoms with Gasteiger partial charge < -0.3 is 14.6 Å². The van der Waals surface area contributed by atoms with Gasteiger partial charge in [0.15, 0.2) is 0 Å². The molecule has 0 aliphatic heterocycles. The molecule has 126 valence electrons. The number of carbonyl (C=O) groups excluding carboxylic acids is 1. The highest BCUT2D eigenvalue weighted by atomic mass is 16.3. The van der Waals surface area contributed by atoms with E-state index in [-0.39, 0.29) is 17.9 Å². The number of carbonyl (C=O) groups is 1. The fourth-order valence-corrected chi connectivity index (χ4v) is 3.14. The SMILES string of the molecule is CN(CC1CCCC1O)C(=O)/C=C/c1ccc(-n2ccnc2)cc1. The largest absolute Gasteiger partial charge is 0.393 e. The second-order valence-corrected chi connectivity index (χ2v) is 6.37. The number of likely N-dealkylation sites (N-methyl/N-ethyl adjacent to an activating group) is 1. The molecule has 1 N–H and O–H groups in total. The standard InChI is InChI=1S/C19H23N3O2/c1-21(13-16-3-2-4-18(16)23)19(24)10-7-15-5-8-17(9-6-15)22-12-11-20-14-22/h5-12,14,16,18,23H,2-4,13H2,1H3/b10-7+. The summed E-state index contributed by atoms with van der Waals surface area (Å²) in [6.45, 7) is 0.615. The molecule has 2 unspecified atom stereocenters. The van der Waals surface area contributed by atoms with Crippen LogP contribution < -0.4 is 0 Å². The van der Waals surface area contributed by atoms with Gasteiger partial charge in [-0.05, 0) is 36.6 Å². The normalized spacial score (nSPS) is 20.6. The van der Waals surface area contributed by atoms with Crippen LogP contribution in [0.4, 0.5) is 0 Å². The number of benzene rings is 1. The average molecular weight is 325 g/mol. The fourth-order valence-electron chi connectivity index (χ4n) is 3.14. The number of hydrogen-bond acceptors (Lipinski definition) is 3. The number of aromatic nitrogens is 2. The Morgan fingerprint density at radius 3 is 2.79 bits per heavy atom. The Kier molecular flexibility index (Phi) is 5.11. The van der Waals surface area contributed by atoms with E-state index in [1.807, 2.05) is 41.1 Å². The topological polar surface area (TPSA) is 58.4 Å². The quantitative estimate of drug-likeness (QED) is 0.859. The van der Waals surface area contributed by atoms with Crippen molar-refractivity contribution in [1.29, 1.82) is 0 Å². The lowest BCUT2D eigenvalue weighted by atomic mass is 10.1. The van der Waals surface area contributed by atoms with Gasteiger partial charge in [0.1, 0.15) is 0 Å². The Bertz CT molecular complexity index is 692. The van der Waals surface area contributed by atoms with Gasteiger partial charge in [0.25, 0.3) is 0 Å². The molecule has 1 aliphatic carbocycles. The molecule has 1 aliphatic rings. The summed E-state index contributed by atoms with van der Waals surface area (Å²) < 4.78 is 1.93. The molecule has 2 atom stereocenters. The van der Waals surface area contributed by atoms with Gasteiger partial charge in [-0.3, -0.25) is 4.79 Å². The molecule has 1 aromatic heterocycles. The third-order valence-corrected chi connectivity index (χ3v) is 4.62. The molecular formula is C19H23N3O2. The molecule has 1 fully saturated rings. The number of hydrogen-bond donors (Lipinski definition) is 1. The van der Waals surface area contributed by atoms with Gasteiger partial charge in [0, 0.05) is 43.7 Å². The third kappa shape index (κ3) is 3.92. The molecule has 0 radical (unpaired) electrons. The van der Waals surface area contributed by atoms with Gasteiger partial charge in [0.05, 0.1) is 12.4 Å². The number of nitrogens with zero attached hydrogens (tertiary/aromatic N) is 3. The van der Waals surface area contributed by atoms with Crippen molar-refractivity contribution in [3.63, 3.8) is 0 Å². The van der Waals surface area contributed by atoms with Crippen LogP contribution in [0, 0.1) is 5.92 Å². The maximum absolute atomic E-state index is 12.2. The molecule has 1 heterocycles. The predicted molar refractivity (Wildman–Crippen MR) is 93.6 cm³/mol. The second kappa shape index (κ2) is 7.45. The zero-order valence-corrected chi connectivity index (χ0v) is 13.9. The van der Waals surface area contributed by atoms with Crippen LogP contribution in [0.2, 0.25) is 0 Å². The average Bonchev–Trinajstić information content (AvgIpc) is 3.26. The van der Waals surface area contributed by atoms with Crippen LogP contribution in [-0.4, -0.2) is 45.2 Å². The third-order valence-electron chi connectivity index (χ3n) is 4.62. The van der Waals surface area contributed by atoms with E-state index >= 15 is 0 Å². The molecule has 1 amide bonds. The minimum atomic E-state index is -0.264. The van der Waals surface area contributed by atoms with Crippen molar-refractivity contribution in [2.75, 3.05) is 13.6 Å². The molecule has 5 heteroatoms. The molecule has 24 heavy (non-hydrogen) atoms. The number of imidazole rings is 1. The van der Waals surface area contributed by atoms with Crippen LogP contribution in [0.1, 0.15) is 24.8 Å². The molecule has 0 bridgehead atoms. The van der Waals surface area contributed by atoms with Crippen LogP contribution >= 0.6 is 0 Å². The maximum Gasteiger partial charge on any atom is 0.246 e. The highest BCUT2D eigenvalue weighted by molar-refractivity contribution is 5.91. The number of aliphatic hydroxyl groups is 1. The Hall–Kier alpha value is -2.40. The number of amides is 1. The zero-order valence-electron chi connectivity index (χ0n) is 13.9. The smallest absolute Gasteiger partial charge is 0.246 e. The molecule has 5 nitrogen and oxygen atoms in total. The predicted octanol–water partition coefficient (Wildman–Crippen LogP) is 2.50. The Balaban J connectivity index is 1.57. The molecule has 1 aromatic carbocycles. The van der Waals surface area contributed by atoms with Crippen molar-refractivity contribution < 1.29 is 9.90 Å². The van der Waals surface area contributed by atoms with Crippen LogP contribution in [0.15, 0.2) is 49.1 Å². The van der Waals surface area contributed by atoms with E-state index in [1.165, 1.54) is 0 Å².